The topological polar surface area (TPSA) is 38.1 Å². The summed E-state index contributed by atoms with van der Waals surface area (Å²) >= 11 is 0. The summed E-state index contributed by atoms with van der Waals surface area (Å²) in [5.74, 6) is 5.62. The molecule has 0 bridgehead atoms. The van der Waals surface area contributed by atoms with Crippen LogP contribution in [0.5, 0.6) is 0 Å². The van der Waals surface area contributed by atoms with E-state index < -0.39 is 0 Å². The molecule has 0 fully saturated rings. The summed E-state index contributed by atoms with van der Waals surface area (Å²) < 4.78 is 4.58. The molecule has 1 aromatic rings. The van der Waals surface area contributed by atoms with Gasteiger partial charge in [0.05, 0.1) is 18.4 Å². The van der Waals surface area contributed by atoms with Gasteiger partial charge in [-0.05, 0) is 6.92 Å². The van der Waals surface area contributed by atoms with Crippen molar-refractivity contribution in [3.05, 3.63) is 12.5 Å². The van der Waals surface area contributed by atoms with Crippen LogP contribution in [0.25, 0.3) is 0 Å². The molecule has 1 rings (SSSR count). The second-order valence-corrected chi connectivity index (χ2v) is 1.69. The summed E-state index contributed by atoms with van der Waals surface area (Å²) in [4.78, 5) is 0. The highest BCUT2D eigenvalue weighted by Gasteiger charge is 1.88. The molecule has 1 N–H and O–H groups in total. The highest BCUT2D eigenvalue weighted by molar-refractivity contribution is 5.37. The summed E-state index contributed by atoms with van der Waals surface area (Å²) in [5, 5.41) is 6.51. The van der Waals surface area contributed by atoms with Crippen molar-refractivity contribution in [1.29, 1.82) is 0 Å². The lowest BCUT2D eigenvalue weighted by Crippen LogP contribution is -1.96. The first-order chi connectivity index (χ1) is 4.93. The monoisotopic (exact) mass is 136 g/mol. The van der Waals surface area contributed by atoms with Crippen LogP contribution in [0, 0.1) is 11.8 Å². The van der Waals surface area contributed by atoms with Gasteiger partial charge in [0.2, 0.25) is 0 Å². The zero-order chi connectivity index (χ0) is 7.23. The minimum atomic E-state index is 0.637. The first-order valence-electron chi connectivity index (χ1n) is 2.96. The number of hydrogen-bond donors (Lipinski definition) is 1. The fourth-order valence-electron chi connectivity index (χ4n) is 0.527. The van der Waals surface area contributed by atoms with Crippen LogP contribution >= 0.6 is 0 Å². The lowest BCUT2D eigenvalue weighted by Gasteiger charge is -1.91. The van der Waals surface area contributed by atoms with E-state index in [0.29, 0.717) is 6.54 Å². The van der Waals surface area contributed by atoms with Crippen LogP contribution in [-0.2, 0) is 0 Å². The number of hydrogen-bond acceptors (Lipinski definition) is 3. The van der Waals surface area contributed by atoms with Crippen molar-refractivity contribution in [2.24, 2.45) is 0 Å². The maximum absolute atomic E-state index is 4.58. The molecule has 0 unspecified atom stereocenters. The molecule has 0 saturated heterocycles. The number of nitrogens with zero attached hydrogens (tertiary/aromatic N) is 1. The molecule has 10 heavy (non-hydrogen) atoms. The van der Waals surface area contributed by atoms with Crippen LogP contribution in [0.4, 0.5) is 5.69 Å². The quantitative estimate of drug-likeness (QED) is 0.619. The van der Waals surface area contributed by atoms with Gasteiger partial charge < -0.3 is 9.84 Å². The molecule has 0 aliphatic carbocycles. The minimum Gasteiger partial charge on any atom is -0.370 e. The van der Waals surface area contributed by atoms with Gasteiger partial charge in [-0.3, -0.25) is 0 Å². The number of nitrogens with one attached hydrogen (secondary N) is 1. The summed E-state index contributed by atoms with van der Waals surface area (Å²) in [7, 11) is 0. The first kappa shape index (κ1) is 6.69. The van der Waals surface area contributed by atoms with Crippen LogP contribution in [0.1, 0.15) is 6.92 Å². The van der Waals surface area contributed by atoms with Gasteiger partial charge in [0, 0.05) is 0 Å². The van der Waals surface area contributed by atoms with Crippen molar-refractivity contribution >= 4 is 5.69 Å². The predicted molar refractivity (Wildman–Crippen MR) is 38.4 cm³/mol. The number of anilines is 1. The highest BCUT2D eigenvalue weighted by Crippen LogP contribution is 2.01. The third-order valence-electron chi connectivity index (χ3n) is 0.990. The van der Waals surface area contributed by atoms with E-state index in [1.165, 1.54) is 6.26 Å². The third-order valence-corrected chi connectivity index (χ3v) is 0.990. The van der Waals surface area contributed by atoms with E-state index in [-0.39, 0.29) is 0 Å². The van der Waals surface area contributed by atoms with Crippen molar-refractivity contribution in [1.82, 2.24) is 5.16 Å². The Hall–Kier alpha value is -1.43. The Morgan fingerprint density at radius 2 is 2.70 bits per heavy atom. The van der Waals surface area contributed by atoms with Gasteiger partial charge in [0.25, 0.3) is 0 Å². The molecule has 0 aliphatic heterocycles. The van der Waals surface area contributed by atoms with Gasteiger partial charge in [-0.1, -0.05) is 11.1 Å². The predicted octanol–water partition coefficient (Wildman–Crippen LogP) is 1.11. The van der Waals surface area contributed by atoms with E-state index in [2.05, 4.69) is 26.8 Å². The average molecular weight is 136 g/mol. The molecule has 0 amide bonds. The van der Waals surface area contributed by atoms with E-state index in [1.54, 1.807) is 13.1 Å². The molecule has 3 heteroatoms. The van der Waals surface area contributed by atoms with Crippen LogP contribution in [0.2, 0.25) is 0 Å². The summed E-state index contributed by atoms with van der Waals surface area (Å²) in [5.41, 5.74) is 0.864. The van der Waals surface area contributed by atoms with E-state index in [0.717, 1.165) is 5.69 Å². The fourth-order valence-corrected chi connectivity index (χ4v) is 0.527. The van der Waals surface area contributed by atoms with Gasteiger partial charge in [-0.15, -0.1) is 5.92 Å². The van der Waals surface area contributed by atoms with E-state index in [1.807, 2.05) is 0 Å². The average Bonchev–Trinajstić information content (AvgIpc) is 2.41. The standard InChI is InChI=1S/C7H8N2O/c1-2-3-4-8-7-5-9-10-6-7/h5-6,8H,4H2,1H3. The highest BCUT2D eigenvalue weighted by atomic mass is 16.5. The van der Waals surface area contributed by atoms with Crippen molar-refractivity contribution in [2.75, 3.05) is 11.9 Å². The molecular weight excluding hydrogens is 128 g/mol. The molecule has 1 aromatic heterocycles. The maximum atomic E-state index is 4.58. The second kappa shape index (κ2) is 3.57. The van der Waals surface area contributed by atoms with E-state index in [9.17, 15) is 0 Å². The zero-order valence-corrected chi connectivity index (χ0v) is 5.72. The van der Waals surface area contributed by atoms with Crippen molar-refractivity contribution in [3.63, 3.8) is 0 Å². The second-order valence-electron chi connectivity index (χ2n) is 1.69. The number of aromatic nitrogens is 1. The van der Waals surface area contributed by atoms with Crippen molar-refractivity contribution in [3.8, 4) is 11.8 Å². The van der Waals surface area contributed by atoms with E-state index >= 15 is 0 Å². The molecule has 1 heterocycles. The molecule has 0 saturated carbocycles. The normalized spacial score (nSPS) is 8.10. The zero-order valence-electron chi connectivity index (χ0n) is 5.72. The smallest absolute Gasteiger partial charge is 0.146 e. The largest absolute Gasteiger partial charge is 0.370 e. The molecule has 0 radical (unpaired) electrons. The minimum absolute atomic E-state index is 0.637. The Bertz CT molecular complexity index is 230. The lowest BCUT2D eigenvalue weighted by atomic mass is 10.5. The van der Waals surface area contributed by atoms with Gasteiger partial charge in [0.15, 0.2) is 0 Å². The van der Waals surface area contributed by atoms with Gasteiger partial charge in [-0.25, -0.2) is 0 Å². The third kappa shape index (κ3) is 1.82. The summed E-state index contributed by atoms with van der Waals surface area (Å²) in [6, 6.07) is 0. The summed E-state index contributed by atoms with van der Waals surface area (Å²) in [6.45, 7) is 2.44. The van der Waals surface area contributed by atoms with Gasteiger partial charge >= 0.3 is 0 Å². The van der Waals surface area contributed by atoms with Gasteiger partial charge in [-0.2, -0.15) is 0 Å². The van der Waals surface area contributed by atoms with E-state index in [4.69, 9.17) is 0 Å². The molecule has 0 aromatic carbocycles. The molecular formula is C7H8N2O. The molecule has 0 aliphatic rings. The van der Waals surface area contributed by atoms with Crippen LogP contribution in [0.15, 0.2) is 17.0 Å². The molecule has 0 atom stereocenters. The number of rotatable bonds is 2. The Kier molecular flexibility index (Phi) is 2.39. The Labute approximate surface area is 59.4 Å². The molecule has 0 spiro atoms. The van der Waals surface area contributed by atoms with Crippen molar-refractivity contribution in [2.45, 2.75) is 6.92 Å². The first-order valence-corrected chi connectivity index (χ1v) is 2.96. The Balaban J connectivity index is 2.32. The lowest BCUT2D eigenvalue weighted by molar-refractivity contribution is 0.420. The van der Waals surface area contributed by atoms with Crippen LogP contribution in [-0.4, -0.2) is 11.7 Å². The molecule has 52 valence electrons. The van der Waals surface area contributed by atoms with Crippen molar-refractivity contribution < 1.29 is 4.52 Å². The van der Waals surface area contributed by atoms with Crippen LogP contribution in [0.3, 0.4) is 0 Å². The Morgan fingerprint density at radius 1 is 1.80 bits per heavy atom. The molecule has 3 nitrogen and oxygen atoms in total. The maximum Gasteiger partial charge on any atom is 0.146 e. The fraction of sp³-hybridized carbons (Fsp3) is 0.286. The van der Waals surface area contributed by atoms with Gasteiger partial charge in [0.1, 0.15) is 6.26 Å². The summed E-state index contributed by atoms with van der Waals surface area (Å²) in [6.07, 6.45) is 3.15. The van der Waals surface area contributed by atoms with Crippen LogP contribution < -0.4 is 5.32 Å². The SMILES string of the molecule is CC#CCNc1cnoc1. The Morgan fingerprint density at radius 3 is 3.30 bits per heavy atom.